The summed E-state index contributed by atoms with van der Waals surface area (Å²) in [6.07, 6.45) is -9.30. The second kappa shape index (κ2) is 20.5. The third-order valence-electron chi connectivity index (χ3n) is 12.9. The summed E-state index contributed by atoms with van der Waals surface area (Å²) in [6.45, 7) is -1.75. The van der Waals surface area contributed by atoms with Gasteiger partial charge in [-0.05, 0) is 24.6 Å². The van der Waals surface area contributed by atoms with Gasteiger partial charge in [0.25, 0.3) is 0 Å². The van der Waals surface area contributed by atoms with Gasteiger partial charge < -0.3 is 86.8 Å². The van der Waals surface area contributed by atoms with Crippen LogP contribution in [0.5, 0.6) is 5.75 Å². The summed E-state index contributed by atoms with van der Waals surface area (Å²) in [6, 6.07) is -6.19. The molecule has 5 aliphatic rings. The molecule has 5 heterocycles. The Bertz CT molecular complexity index is 2030. The van der Waals surface area contributed by atoms with Crippen molar-refractivity contribution < 1.29 is 84.3 Å². The van der Waals surface area contributed by atoms with Gasteiger partial charge in [-0.25, -0.2) is 4.79 Å². The number of nitrogens with one attached hydrogen (secondary N) is 2. The number of benzene rings is 1. The number of β-amino-alcohol motifs (C(OH)–C–C–N with tert-alkyl or cyclic N) is 5. The Labute approximate surface area is 377 Å². The minimum Gasteiger partial charge on any atom is -0.508 e. The lowest BCUT2D eigenvalue weighted by Gasteiger charge is -2.35. The minimum atomic E-state index is -1.73. The largest absolute Gasteiger partial charge is 0.508 e. The third-order valence-corrected chi connectivity index (χ3v) is 12.9. The number of aliphatic hydroxyl groups is 7. The molecular weight excluding hydrogens is 876 g/mol. The van der Waals surface area contributed by atoms with Crippen molar-refractivity contribution in [1.29, 1.82) is 0 Å². The normalized spacial score (nSPS) is 30.5. The number of hydrogen-bond donors (Lipinski definition) is 12. The summed E-state index contributed by atoms with van der Waals surface area (Å²) < 4.78 is 0. The molecule has 5 fully saturated rings. The van der Waals surface area contributed by atoms with Crippen LogP contribution in [0, 0.1) is 0 Å². The molecule has 0 spiro atoms. The third kappa shape index (κ3) is 10.7. The van der Waals surface area contributed by atoms with Crippen LogP contribution in [0.1, 0.15) is 44.6 Å². The van der Waals surface area contributed by atoms with Crippen LogP contribution in [0.15, 0.2) is 24.3 Å². The summed E-state index contributed by atoms with van der Waals surface area (Å²) >= 11 is 0. The van der Waals surface area contributed by atoms with Crippen LogP contribution in [0.3, 0.4) is 0 Å². The smallest absolute Gasteiger partial charge is 0.326 e. The number of carboxylic acid groups (broad SMARTS) is 1. The van der Waals surface area contributed by atoms with Crippen LogP contribution in [0.4, 0.5) is 0 Å². The van der Waals surface area contributed by atoms with Crippen molar-refractivity contribution >= 4 is 47.3 Å². The van der Waals surface area contributed by atoms with Gasteiger partial charge in [-0.1, -0.05) is 12.1 Å². The topological polar surface area (TPSA) is 385 Å². The lowest BCUT2D eigenvalue weighted by molar-refractivity contribution is -0.153. The Balaban J connectivity index is 1.15. The number of nitrogens with zero attached hydrogens (tertiary/aromatic N) is 5. The Morgan fingerprint density at radius 3 is 1.35 bits per heavy atom. The van der Waals surface area contributed by atoms with Crippen molar-refractivity contribution in [3.05, 3.63) is 29.8 Å². The van der Waals surface area contributed by atoms with E-state index in [2.05, 4.69) is 10.6 Å². The number of carbonyl (C=O) groups excluding carboxylic acids is 7. The van der Waals surface area contributed by atoms with Crippen molar-refractivity contribution in [1.82, 2.24) is 35.1 Å². The molecule has 7 amide bonds. The van der Waals surface area contributed by atoms with E-state index in [0.29, 0.717) is 5.56 Å². The predicted octanol–water partition coefficient (Wildman–Crippen LogP) is -7.50. The Kier molecular flexibility index (Phi) is 15.5. The molecule has 25 nitrogen and oxygen atoms in total. The average Bonchev–Trinajstić information content (AvgIpc) is 4.12. The van der Waals surface area contributed by atoms with Crippen LogP contribution in [-0.2, 0) is 44.8 Å². The number of aliphatic carboxylic acids is 1. The van der Waals surface area contributed by atoms with E-state index < -0.39 is 159 Å². The molecule has 0 aliphatic carbocycles. The second-order valence-corrected chi connectivity index (χ2v) is 17.8. The zero-order valence-electron chi connectivity index (χ0n) is 36.0. The molecule has 1 aromatic carbocycles. The first-order valence-corrected chi connectivity index (χ1v) is 21.7. The molecule has 6 rings (SSSR count). The minimum absolute atomic E-state index is 0.0603. The summed E-state index contributed by atoms with van der Waals surface area (Å²) in [7, 11) is 0. The number of amides is 7. The molecule has 0 saturated carbocycles. The van der Waals surface area contributed by atoms with Crippen molar-refractivity contribution in [2.45, 2.75) is 130 Å². The second-order valence-electron chi connectivity index (χ2n) is 17.8. The number of phenolic OH excluding ortho intramolecular Hbond substituents is 1. The Hall–Kier alpha value is -5.54. The van der Waals surface area contributed by atoms with Crippen LogP contribution in [-0.4, -0.2) is 242 Å². The van der Waals surface area contributed by atoms with Gasteiger partial charge in [0.1, 0.15) is 54.1 Å². The van der Waals surface area contributed by atoms with E-state index in [-0.39, 0.29) is 57.4 Å². The van der Waals surface area contributed by atoms with E-state index in [0.717, 1.165) is 24.5 Å². The summed E-state index contributed by atoms with van der Waals surface area (Å²) in [4.78, 5) is 114. The van der Waals surface area contributed by atoms with Gasteiger partial charge >= 0.3 is 5.97 Å². The molecule has 14 atom stereocenters. The van der Waals surface area contributed by atoms with Crippen LogP contribution in [0.2, 0.25) is 0 Å². The molecular formula is C41H58N8O17. The lowest BCUT2D eigenvalue weighted by atomic mass is 10.0. The standard InChI is InChI=1S/C41H58N8O17/c1-18(51)33(42)40(64)46-13-22(54)8-29(46)35(59)44-27(17-50)36(60)47-14-23(55)9-30(47)38(62)49-16-25(57)11-32(49)39(63)48-15-24(56)10-31(48)37(61)45-12-21(53)7-28(45)34(58)43-26(41(65)66)6-19-2-4-20(52)5-3-19/h2-5,18,21-33,50-57H,6-17,42H2,1H3,(H,43,58)(H,44,59)(H,65,66)/t18-,21-,22-,23-,24-,25-,26+,27+,28+,29+,30+,31+,32+,33+/m1/s1. The number of phenols is 1. The highest BCUT2D eigenvalue weighted by atomic mass is 16.4. The van der Waals surface area contributed by atoms with Gasteiger partial charge in [0.15, 0.2) is 0 Å². The summed E-state index contributed by atoms with van der Waals surface area (Å²) in [5, 5.41) is 97.4. The van der Waals surface area contributed by atoms with E-state index in [1.807, 2.05) is 0 Å². The van der Waals surface area contributed by atoms with Gasteiger partial charge in [-0.3, -0.25) is 33.6 Å². The lowest BCUT2D eigenvalue weighted by Crippen LogP contribution is -2.60. The molecule has 5 aliphatic heterocycles. The molecule has 0 bridgehead atoms. The number of likely N-dealkylation sites (tertiary alicyclic amines) is 5. The first-order valence-electron chi connectivity index (χ1n) is 21.7. The zero-order valence-corrected chi connectivity index (χ0v) is 36.0. The maximum absolute atomic E-state index is 14.4. The number of aromatic hydroxyl groups is 1. The number of nitrogens with two attached hydrogens (primary N) is 1. The molecule has 0 radical (unpaired) electrons. The highest BCUT2D eigenvalue weighted by molar-refractivity contribution is 5.99. The first kappa shape index (κ1) is 49.9. The Morgan fingerprint density at radius 1 is 0.591 bits per heavy atom. The molecule has 0 aromatic heterocycles. The van der Waals surface area contributed by atoms with Gasteiger partial charge in [0, 0.05) is 71.2 Å². The maximum atomic E-state index is 14.4. The van der Waals surface area contributed by atoms with Crippen LogP contribution < -0.4 is 16.4 Å². The van der Waals surface area contributed by atoms with Gasteiger partial charge in [-0.2, -0.15) is 0 Å². The molecule has 66 heavy (non-hydrogen) atoms. The predicted molar refractivity (Wildman–Crippen MR) is 221 cm³/mol. The van der Waals surface area contributed by atoms with Crippen molar-refractivity contribution in [3.63, 3.8) is 0 Å². The van der Waals surface area contributed by atoms with Gasteiger partial charge in [-0.15, -0.1) is 0 Å². The summed E-state index contributed by atoms with van der Waals surface area (Å²) in [5.74, 6) is -7.89. The molecule has 5 saturated heterocycles. The number of rotatable bonds is 14. The molecule has 13 N–H and O–H groups in total. The fourth-order valence-corrected chi connectivity index (χ4v) is 9.45. The maximum Gasteiger partial charge on any atom is 0.326 e. The monoisotopic (exact) mass is 934 g/mol. The first-order chi connectivity index (χ1) is 31.1. The number of hydrogen-bond acceptors (Lipinski definition) is 17. The summed E-state index contributed by atoms with van der Waals surface area (Å²) in [5.41, 5.74) is 6.24. The fourth-order valence-electron chi connectivity index (χ4n) is 9.45. The number of aliphatic hydroxyl groups excluding tert-OH is 7. The van der Waals surface area contributed by atoms with Crippen molar-refractivity contribution in [3.8, 4) is 5.75 Å². The molecule has 25 heteroatoms. The zero-order chi connectivity index (χ0) is 48.5. The van der Waals surface area contributed by atoms with Gasteiger partial charge in [0.05, 0.1) is 43.2 Å². The average molecular weight is 935 g/mol. The SMILES string of the molecule is C[C@@H](O)[C@H](N)C(=O)N1C[C@H](O)C[C@H]1C(=O)N[C@@H](CO)C(=O)N1C[C@H](O)C[C@H]1C(=O)N1C[C@H](O)C[C@H]1C(=O)N1C[C@H](O)C[C@H]1C(=O)N1C[C@H](O)C[C@H]1C(=O)N[C@@H](Cc1ccc(O)cc1)C(=O)O. The van der Waals surface area contributed by atoms with Crippen molar-refractivity contribution in [2.75, 3.05) is 39.3 Å². The highest BCUT2D eigenvalue weighted by Gasteiger charge is 2.53. The quantitative estimate of drug-likeness (QED) is 0.0824. The van der Waals surface area contributed by atoms with Crippen LogP contribution in [0.25, 0.3) is 0 Å². The van der Waals surface area contributed by atoms with E-state index in [4.69, 9.17) is 5.73 Å². The van der Waals surface area contributed by atoms with Crippen LogP contribution >= 0.6 is 0 Å². The van der Waals surface area contributed by atoms with E-state index in [1.165, 1.54) is 31.2 Å². The van der Waals surface area contributed by atoms with Crippen molar-refractivity contribution in [2.24, 2.45) is 5.73 Å². The highest BCUT2D eigenvalue weighted by Crippen LogP contribution is 2.32. The Morgan fingerprint density at radius 2 is 0.939 bits per heavy atom. The van der Waals surface area contributed by atoms with E-state index >= 15 is 0 Å². The van der Waals surface area contributed by atoms with E-state index in [9.17, 15) is 84.3 Å². The number of carboxylic acids is 1. The van der Waals surface area contributed by atoms with Gasteiger partial charge in [0.2, 0.25) is 41.4 Å². The molecule has 364 valence electrons. The van der Waals surface area contributed by atoms with E-state index in [1.54, 1.807) is 0 Å². The fraction of sp³-hybridized carbons (Fsp3) is 0.659. The molecule has 0 unspecified atom stereocenters. The molecule has 1 aromatic rings. The number of carbonyl (C=O) groups is 8.